The quantitative estimate of drug-likeness (QED) is 0.688. The minimum atomic E-state index is -0.888. The molecule has 3 aromatic rings. The van der Waals surface area contributed by atoms with Gasteiger partial charge in [-0.1, -0.05) is 23.7 Å². The third-order valence-corrected chi connectivity index (χ3v) is 7.12. The molecule has 1 aliphatic heterocycles. The summed E-state index contributed by atoms with van der Waals surface area (Å²) in [5, 5.41) is 20.0. The fourth-order valence-electron chi connectivity index (χ4n) is 3.97. The molecule has 0 radical (unpaired) electrons. The molecule has 1 N–H and O–H groups in total. The molecule has 2 aromatic heterocycles. The van der Waals surface area contributed by atoms with E-state index in [0.717, 1.165) is 33.2 Å². The van der Waals surface area contributed by atoms with Gasteiger partial charge in [0.25, 0.3) is 0 Å². The van der Waals surface area contributed by atoms with E-state index >= 15 is 0 Å². The van der Waals surface area contributed by atoms with Crippen molar-refractivity contribution in [1.29, 1.82) is 0 Å². The Kier molecular flexibility index (Phi) is 3.61. The van der Waals surface area contributed by atoms with E-state index in [0.29, 0.717) is 17.3 Å². The Morgan fingerprint density at radius 2 is 1.96 bits per heavy atom. The Labute approximate surface area is 170 Å². The van der Waals surface area contributed by atoms with Crippen molar-refractivity contribution in [2.24, 2.45) is 10.9 Å². The van der Waals surface area contributed by atoms with Gasteiger partial charge in [-0.2, -0.15) is 0 Å². The molecule has 1 spiro atoms. The molecule has 1 saturated carbocycles. The number of thiophene rings is 1. The Morgan fingerprint density at radius 3 is 2.61 bits per heavy atom. The monoisotopic (exact) mass is 412 g/mol. The van der Waals surface area contributed by atoms with Crippen molar-refractivity contribution in [3.63, 3.8) is 0 Å². The number of carboxylic acids is 1. The number of carbonyl (C=O) groups is 1. The van der Waals surface area contributed by atoms with E-state index < -0.39 is 17.4 Å². The maximum Gasteiger partial charge on any atom is 0.309 e. The molecule has 3 heterocycles. The first-order chi connectivity index (χ1) is 13.3. The predicted molar refractivity (Wildman–Crippen MR) is 108 cm³/mol. The molecule has 0 amide bonds. The summed E-state index contributed by atoms with van der Waals surface area (Å²) in [7, 11) is 0. The minimum Gasteiger partial charge on any atom is -0.481 e. The van der Waals surface area contributed by atoms with Gasteiger partial charge in [0, 0.05) is 21.0 Å². The number of aromatic nitrogens is 3. The van der Waals surface area contributed by atoms with Crippen LogP contribution < -0.4 is 0 Å². The van der Waals surface area contributed by atoms with Crippen LogP contribution in [0.15, 0.2) is 29.3 Å². The molecule has 142 valence electrons. The van der Waals surface area contributed by atoms with E-state index in [1.54, 1.807) is 11.3 Å². The Balaban J connectivity index is 1.86. The number of benzene rings is 1. The third-order valence-electron chi connectivity index (χ3n) is 5.68. The summed E-state index contributed by atoms with van der Waals surface area (Å²) < 4.78 is 2.00. The van der Waals surface area contributed by atoms with Crippen LogP contribution in [0.3, 0.4) is 0 Å². The molecule has 0 bridgehead atoms. The second-order valence-corrected chi connectivity index (χ2v) is 9.00. The number of fused-ring (bicyclic) bond motifs is 4. The molecule has 1 fully saturated rings. The van der Waals surface area contributed by atoms with Crippen LogP contribution in [0.5, 0.6) is 0 Å². The van der Waals surface area contributed by atoms with Crippen LogP contribution in [0, 0.1) is 26.7 Å². The number of halogens is 1. The third kappa shape index (κ3) is 2.26. The molecule has 8 heteroatoms. The maximum absolute atomic E-state index is 11.8. The van der Waals surface area contributed by atoms with E-state index in [1.807, 2.05) is 35.8 Å². The van der Waals surface area contributed by atoms with Gasteiger partial charge >= 0.3 is 5.97 Å². The lowest BCUT2D eigenvalue weighted by Crippen LogP contribution is -2.18. The fourth-order valence-corrected chi connectivity index (χ4v) is 5.30. The van der Waals surface area contributed by atoms with Gasteiger partial charge in [-0.3, -0.25) is 14.4 Å². The van der Waals surface area contributed by atoms with Crippen molar-refractivity contribution in [3.8, 4) is 5.00 Å². The number of hydrogen-bond acceptors (Lipinski definition) is 5. The molecule has 2 aliphatic rings. The zero-order valence-corrected chi connectivity index (χ0v) is 17.1. The number of carboxylic acid groups (broad SMARTS) is 1. The second kappa shape index (κ2) is 5.75. The molecule has 0 saturated heterocycles. The van der Waals surface area contributed by atoms with E-state index in [2.05, 4.69) is 24.0 Å². The van der Waals surface area contributed by atoms with Crippen molar-refractivity contribution in [1.82, 2.24) is 14.8 Å². The highest BCUT2D eigenvalue weighted by Gasteiger charge is 2.64. The molecule has 2 atom stereocenters. The number of aliphatic imine (C=N–C) groups is 1. The molecule has 1 aliphatic carbocycles. The molecule has 5 rings (SSSR count). The smallest absolute Gasteiger partial charge is 0.309 e. The van der Waals surface area contributed by atoms with Gasteiger partial charge in [0.15, 0.2) is 5.82 Å². The molecular weight excluding hydrogens is 396 g/mol. The zero-order valence-electron chi connectivity index (χ0n) is 15.5. The summed E-state index contributed by atoms with van der Waals surface area (Å²) in [4.78, 5) is 18.1. The summed E-state index contributed by atoms with van der Waals surface area (Å²) in [6.45, 7) is 6.05. The predicted octanol–water partition coefficient (Wildman–Crippen LogP) is 4.06. The van der Waals surface area contributed by atoms with Crippen LogP contribution in [0.25, 0.3) is 5.00 Å². The van der Waals surface area contributed by atoms with E-state index in [1.165, 1.54) is 4.88 Å². The average Bonchev–Trinajstić information content (AvgIpc) is 3.19. The van der Waals surface area contributed by atoms with Crippen molar-refractivity contribution < 1.29 is 9.90 Å². The molecular formula is C20H17ClN4O2S. The Morgan fingerprint density at radius 1 is 1.25 bits per heavy atom. The first kappa shape index (κ1) is 17.6. The topological polar surface area (TPSA) is 80.4 Å². The summed E-state index contributed by atoms with van der Waals surface area (Å²) in [5.74, 6) is -0.110. The summed E-state index contributed by atoms with van der Waals surface area (Å²) in [5.41, 5.74) is 2.97. The number of hydrogen-bond donors (Lipinski definition) is 1. The van der Waals surface area contributed by atoms with Crippen LogP contribution in [-0.4, -0.2) is 31.6 Å². The highest BCUT2D eigenvalue weighted by Crippen LogP contribution is 2.57. The standard InChI is InChI=1S/C20H17ClN4O2S/c1-9-10(2)28-17-15(9)16(12-4-6-13(21)7-5-12)22-20(8-14(20)18(26)27)19-24-23-11(3)25(17)19/h4-7,14H,8H2,1-3H3,(H,26,27). The van der Waals surface area contributed by atoms with Crippen molar-refractivity contribution in [2.45, 2.75) is 32.7 Å². The largest absolute Gasteiger partial charge is 0.481 e. The first-order valence-corrected chi connectivity index (χ1v) is 10.1. The van der Waals surface area contributed by atoms with Crippen LogP contribution in [0.4, 0.5) is 0 Å². The van der Waals surface area contributed by atoms with Gasteiger partial charge in [0.2, 0.25) is 0 Å². The number of aryl methyl sites for hydroxylation is 2. The van der Waals surface area contributed by atoms with Crippen molar-refractivity contribution in [3.05, 3.63) is 62.5 Å². The second-order valence-electron chi connectivity index (χ2n) is 7.36. The van der Waals surface area contributed by atoms with E-state index in [-0.39, 0.29) is 0 Å². The number of nitrogens with zero attached hydrogens (tertiary/aromatic N) is 4. The van der Waals surface area contributed by atoms with Crippen molar-refractivity contribution >= 4 is 34.6 Å². The average molecular weight is 413 g/mol. The van der Waals surface area contributed by atoms with Crippen LogP contribution in [0.1, 0.15) is 39.6 Å². The lowest BCUT2D eigenvalue weighted by molar-refractivity contribution is -0.139. The highest BCUT2D eigenvalue weighted by atomic mass is 35.5. The summed E-state index contributed by atoms with van der Waals surface area (Å²) in [6.07, 6.45) is 0.421. The summed E-state index contributed by atoms with van der Waals surface area (Å²) in [6, 6.07) is 7.53. The first-order valence-electron chi connectivity index (χ1n) is 8.95. The van der Waals surface area contributed by atoms with Gasteiger partial charge in [-0.25, -0.2) is 0 Å². The van der Waals surface area contributed by atoms with Crippen LogP contribution in [-0.2, 0) is 10.3 Å². The normalized spacial score (nSPS) is 22.4. The van der Waals surface area contributed by atoms with E-state index in [9.17, 15) is 9.90 Å². The van der Waals surface area contributed by atoms with Gasteiger partial charge in [-0.05, 0) is 44.9 Å². The molecule has 2 unspecified atom stereocenters. The highest BCUT2D eigenvalue weighted by molar-refractivity contribution is 7.15. The fraction of sp³-hybridized carbons (Fsp3) is 0.300. The number of rotatable bonds is 2. The Hall–Kier alpha value is -2.51. The van der Waals surface area contributed by atoms with Gasteiger partial charge in [-0.15, -0.1) is 21.5 Å². The summed E-state index contributed by atoms with van der Waals surface area (Å²) >= 11 is 7.75. The molecule has 1 aromatic carbocycles. The lowest BCUT2D eigenvalue weighted by atomic mass is 9.99. The van der Waals surface area contributed by atoms with Crippen LogP contribution >= 0.6 is 22.9 Å². The molecule has 28 heavy (non-hydrogen) atoms. The van der Waals surface area contributed by atoms with Gasteiger partial charge < -0.3 is 5.11 Å². The lowest BCUT2D eigenvalue weighted by Gasteiger charge is -2.12. The van der Waals surface area contributed by atoms with Crippen molar-refractivity contribution in [2.75, 3.05) is 0 Å². The zero-order chi connectivity index (χ0) is 19.8. The van der Waals surface area contributed by atoms with Crippen LogP contribution in [0.2, 0.25) is 5.02 Å². The van der Waals surface area contributed by atoms with Gasteiger partial charge in [0.05, 0.1) is 11.6 Å². The van der Waals surface area contributed by atoms with E-state index in [4.69, 9.17) is 16.6 Å². The number of aliphatic carboxylic acids is 1. The van der Waals surface area contributed by atoms with Gasteiger partial charge in [0.1, 0.15) is 16.4 Å². The molecule has 6 nitrogen and oxygen atoms in total. The SMILES string of the molecule is Cc1sc2c(c1C)C(c1ccc(Cl)cc1)=NC1(CC1C(=O)O)c1nnc(C)n1-2. The Bertz CT molecular complexity index is 1180. The maximum atomic E-state index is 11.8. The minimum absolute atomic E-state index is 0.421.